The van der Waals surface area contributed by atoms with E-state index in [0.29, 0.717) is 12.1 Å². The SMILES string of the molecule is CCNC(=O)OC(C)(C)C.O=Cc1cccnc1. The molecule has 1 N–H and O–H groups in total. The number of aldehydes is 1. The molecule has 0 atom stereocenters. The van der Waals surface area contributed by atoms with Crippen molar-refractivity contribution in [3.63, 3.8) is 0 Å². The molecule has 5 heteroatoms. The first-order valence-electron chi connectivity index (χ1n) is 5.71. The lowest BCUT2D eigenvalue weighted by Gasteiger charge is -2.19. The van der Waals surface area contributed by atoms with E-state index in [0.717, 1.165) is 6.29 Å². The maximum absolute atomic E-state index is 10.7. The number of carbonyl (C=O) groups is 2. The van der Waals surface area contributed by atoms with Gasteiger partial charge in [-0.2, -0.15) is 0 Å². The van der Waals surface area contributed by atoms with E-state index >= 15 is 0 Å². The zero-order valence-electron chi connectivity index (χ0n) is 11.3. The Bertz CT molecular complexity index is 358. The van der Waals surface area contributed by atoms with Gasteiger partial charge in [-0.25, -0.2) is 4.79 Å². The van der Waals surface area contributed by atoms with Gasteiger partial charge in [0.25, 0.3) is 0 Å². The summed E-state index contributed by atoms with van der Waals surface area (Å²) in [6.07, 6.45) is 3.57. The maximum atomic E-state index is 10.7. The van der Waals surface area contributed by atoms with Crippen molar-refractivity contribution in [2.45, 2.75) is 33.3 Å². The molecule has 5 nitrogen and oxygen atoms in total. The lowest BCUT2D eigenvalue weighted by atomic mass is 10.2. The highest BCUT2D eigenvalue weighted by molar-refractivity contribution is 5.73. The van der Waals surface area contributed by atoms with Gasteiger partial charge in [-0.05, 0) is 39.8 Å². The average molecular weight is 252 g/mol. The van der Waals surface area contributed by atoms with E-state index < -0.39 is 0 Å². The van der Waals surface area contributed by atoms with Crippen molar-refractivity contribution < 1.29 is 14.3 Å². The van der Waals surface area contributed by atoms with Crippen molar-refractivity contribution in [2.75, 3.05) is 6.54 Å². The summed E-state index contributed by atoms with van der Waals surface area (Å²) in [7, 11) is 0. The number of nitrogens with one attached hydrogen (secondary N) is 1. The summed E-state index contributed by atoms with van der Waals surface area (Å²) in [5.41, 5.74) is 0.228. The molecule has 0 aromatic carbocycles. The second-order valence-electron chi connectivity index (χ2n) is 4.44. The molecule has 0 spiro atoms. The number of ether oxygens (including phenoxy) is 1. The summed E-state index contributed by atoms with van der Waals surface area (Å²) < 4.78 is 4.93. The van der Waals surface area contributed by atoms with Crippen molar-refractivity contribution in [3.05, 3.63) is 30.1 Å². The average Bonchev–Trinajstić information content (AvgIpc) is 2.29. The van der Waals surface area contributed by atoms with Gasteiger partial charge >= 0.3 is 6.09 Å². The molecular formula is C13H20N2O3. The molecule has 0 fully saturated rings. The van der Waals surface area contributed by atoms with E-state index in [4.69, 9.17) is 4.74 Å². The summed E-state index contributed by atoms with van der Waals surface area (Å²) in [6.45, 7) is 7.96. The highest BCUT2D eigenvalue weighted by Gasteiger charge is 2.14. The Balaban J connectivity index is 0.000000327. The van der Waals surface area contributed by atoms with Crippen LogP contribution in [-0.2, 0) is 4.74 Å². The first-order chi connectivity index (χ1) is 8.39. The molecule has 0 saturated heterocycles. The molecule has 1 rings (SSSR count). The van der Waals surface area contributed by atoms with E-state index in [1.165, 1.54) is 6.20 Å². The van der Waals surface area contributed by atoms with Crippen LogP contribution in [0.2, 0.25) is 0 Å². The fourth-order valence-corrected chi connectivity index (χ4v) is 0.904. The van der Waals surface area contributed by atoms with Gasteiger partial charge in [0.05, 0.1) is 0 Å². The van der Waals surface area contributed by atoms with Gasteiger partial charge in [-0.15, -0.1) is 0 Å². The largest absolute Gasteiger partial charge is 0.444 e. The second-order valence-corrected chi connectivity index (χ2v) is 4.44. The molecule has 0 unspecified atom stereocenters. The van der Waals surface area contributed by atoms with E-state index in [1.54, 1.807) is 18.3 Å². The summed E-state index contributed by atoms with van der Waals surface area (Å²) in [5, 5.41) is 2.54. The van der Waals surface area contributed by atoms with Crippen LogP contribution in [0.1, 0.15) is 38.1 Å². The Labute approximate surface area is 108 Å². The number of hydrogen-bond acceptors (Lipinski definition) is 4. The molecule has 0 radical (unpaired) electrons. The van der Waals surface area contributed by atoms with Crippen LogP contribution in [0.25, 0.3) is 0 Å². The second kappa shape index (κ2) is 8.22. The zero-order chi connectivity index (χ0) is 14.0. The van der Waals surface area contributed by atoms with Gasteiger partial charge < -0.3 is 10.1 Å². The van der Waals surface area contributed by atoms with Crippen molar-refractivity contribution in [1.29, 1.82) is 0 Å². The molecular weight excluding hydrogens is 232 g/mol. The summed E-state index contributed by atoms with van der Waals surface area (Å²) in [4.78, 5) is 24.4. The Morgan fingerprint density at radius 2 is 2.17 bits per heavy atom. The van der Waals surface area contributed by atoms with Crippen molar-refractivity contribution >= 4 is 12.4 Å². The third-order valence-corrected chi connectivity index (χ3v) is 1.54. The number of pyridine rings is 1. The van der Waals surface area contributed by atoms with Crippen molar-refractivity contribution in [3.8, 4) is 0 Å². The number of rotatable bonds is 2. The number of amides is 1. The molecule has 1 aromatic heterocycles. The lowest BCUT2D eigenvalue weighted by molar-refractivity contribution is 0.0531. The molecule has 1 heterocycles. The van der Waals surface area contributed by atoms with E-state index in [-0.39, 0.29) is 11.7 Å². The van der Waals surface area contributed by atoms with Crippen LogP contribution in [0.4, 0.5) is 4.79 Å². The van der Waals surface area contributed by atoms with Crippen LogP contribution in [-0.4, -0.2) is 29.5 Å². The Morgan fingerprint density at radius 1 is 1.50 bits per heavy atom. The third-order valence-electron chi connectivity index (χ3n) is 1.54. The molecule has 0 aliphatic rings. The molecule has 1 amide bonds. The minimum Gasteiger partial charge on any atom is -0.444 e. The summed E-state index contributed by atoms with van der Waals surface area (Å²) in [6, 6.07) is 3.43. The molecule has 100 valence electrons. The molecule has 0 aliphatic carbocycles. The Morgan fingerprint density at radius 3 is 2.50 bits per heavy atom. The van der Waals surface area contributed by atoms with Gasteiger partial charge in [0.2, 0.25) is 0 Å². The molecule has 0 aliphatic heterocycles. The quantitative estimate of drug-likeness (QED) is 0.821. The van der Waals surface area contributed by atoms with E-state index in [2.05, 4.69) is 10.3 Å². The number of aromatic nitrogens is 1. The van der Waals surface area contributed by atoms with Crippen molar-refractivity contribution in [1.82, 2.24) is 10.3 Å². The highest BCUT2D eigenvalue weighted by atomic mass is 16.6. The fourth-order valence-electron chi connectivity index (χ4n) is 0.904. The maximum Gasteiger partial charge on any atom is 0.407 e. The fraction of sp³-hybridized carbons (Fsp3) is 0.462. The summed E-state index contributed by atoms with van der Waals surface area (Å²) >= 11 is 0. The highest BCUT2D eigenvalue weighted by Crippen LogP contribution is 2.05. The number of nitrogens with zero attached hydrogens (tertiary/aromatic N) is 1. The Hall–Kier alpha value is -1.91. The molecule has 0 saturated carbocycles. The minimum absolute atomic E-state index is 0.352. The summed E-state index contributed by atoms with van der Waals surface area (Å²) in [5.74, 6) is 0. The molecule has 0 bridgehead atoms. The van der Waals surface area contributed by atoms with Gasteiger partial charge in [0, 0.05) is 24.5 Å². The standard InChI is InChI=1S/C7H15NO2.C6H5NO/c1-5-8-6(9)10-7(2,3)4;8-5-6-2-1-3-7-4-6/h5H2,1-4H3,(H,8,9);1-5H. The van der Waals surface area contributed by atoms with Crippen LogP contribution in [0.3, 0.4) is 0 Å². The minimum atomic E-state index is -0.390. The lowest BCUT2D eigenvalue weighted by Crippen LogP contribution is -2.32. The first-order valence-corrected chi connectivity index (χ1v) is 5.71. The normalized spacial score (nSPS) is 9.78. The van der Waals surface area contributed by atoms with Crippen LogP contribution >= 0.6 is 0 Å². The van der Waals surface area contributed by atoms with Gasteiger partial charge in [0.15, 0.2) is 6.29 Å². The zero-order valence-corrected chi connectivity index (χ0v) is 11.3. The van der Waals surface area contributed by atoms with Crippen molar-refractivity contribution in [2.24, 2.45) is 0 Å². The first kappa shape index (κ1) is 16.1. The van der Waals surface area contributed by atoms with Gasteiger partial charge in [-0.3, -0.25) is 9.78 Å². The van der Waals surface area contributed by atoms with E-state index in [9.17, 15) is 9.59 Å². The van der Waals surface area contributed by atoms with Gasteiger partial charge in [-0.1, -0.05) is 0 Å². The van der Waals surface area contributed by atoms with E-state index in [1.807, 2.05) is 27.7 Å². The predicted octanol–water partition coefficient (Wildman–Crippen LogP) is 2.43. The Kier molecular flexibility index (Phi) is 7.35. The monoisotopic (exact) mass is 252 g/mol. The number of alkyl carbamates (subject to hydrolysis) is 1. The molecule has 1 aromatic rings. The third kappa shape index (κ3) is 9.33. The van der Waals surface area contributed by atoms with Crippen LogP contribution in [0.5, 0.6) is 0 Å². The number of carbonyl (C=O) groups excluding carboxylic acids is 2. The van der Waals surface area contributed by atoms with Crippen LogP contribution in [0.15, 0.2) is 24.5 Å². The smallest absolute Gasteiger partial charge is 0.407 e. The van der Waals surface area contributed by atoms with Gasteiger partial charge in [0.1, 0.15) is 5.60 Å². The van der Waals surface area contributed by atoms with Crippen LogP contribution in [0, 0.1) is 0 Å². The predicted molar refractivity (Wildman–Crippen MR) is 69.5 cm³/mol. The van der Waals surface area contributed by atoms with Crippen LogP contribution < -0.4 is 5.32 Å². The number of hydrogen-bond donors (Lipinski definition) is 1. The topological polar surface area (TPSA) is 68.3 Å². The molecule has 18 heavy (non-hydrogen) atoms.